The van der Waals surface area contributed by atoms with E-state index in [1.54, 1.807) is 6.08 Å². The Morgan fingerprint density at radius 1 is 1.27 bits per heavy atom. The van der Waals surface area contributed by atoms with Crippen LogP contribution in [0.5, 0.6) is 0 Å². The van der Waals surface area contributed by atoms with Gasteiger partial charge < -0.3 is 5.73 Å². The minimum atomic E-state index is -0.355. The molecule has 0 fully saturated rings. The first kappa shape index (κ1) is 9.71. The molecule has 15 heavy (non-hydrogen) atoms. The highest BCUT2D eigenvalue weighted by atomic mass is 16.1. The molecule has 1 amide bonds. The van der Waals surface area contributed by atoms with Crippen molar-refractivity contribution in [1.82, 2.24) is 0 Å². The van der Waals surface area contributed by atoms with E-state index in [-0.39, 0.29) is 11.8 Å². The summed E-state index contributed by atoms with van der Waals surface area (Å²) in [5, 5.41) is 0. The van der Waals surface area contributed by atoms with Crippen molar-refractivity contribution in [2.75, 3.05) is 0 Å². The van der Waals surface area contributed by atoms with Crippen molar-refractivity contribution in [3.05, 3.63) is 59.7 Å². The first-order valence-corrected chi connectivity index (χ1v) is 5.00. The summed E-state index contributed by atoms with van der Waals surface area (Å²) in [7, 11) is 0. The molecule has 0 saturated heterocycles. The molecule has 1 aliphatic rings. The minimum Gasteiger partial charge on any atom is -0.366 e. The molecular weight excluding hydrogens is 186 g/mol. The number of allylic oxidation sites excluding steroid dienone is 2. The van der Waals surface area contributed by atoms with Gasteiger partial charge in [0.2, 0.25) is 5.91 Å². The molecule has 0 aromatic heterocycles. The lowest BCUT2D eigenvalue weighted by molar-refractivity contribution is -0.114. The summed E-state index contributed by atoms with van der Waals surface area (Å²) in [6.45, 7) is 0. The molecule has 0 bridgehead atoms. The van der Waals surface area contributed by atoms with E-state index < -0.39 is 0 Å². The molecule has 0 saturated carbocycles. The lowest BCUT2D eigenvalue weighted by Crippen LogP contribution is -2.15. The Hall–Kier alpha value is -1.83. The van der Waals surface area contributed by atoms with Gasteiger partial charge in [0.15, 0.2) is 0 Å². The van der Waals surface area contributed by atoms with Gasteiger partial charge in [-0.05, 0) is 12.0 Å². The van der Waals surface area contributed by atoms with Gasteiger partial charge in [-0.3, -0.25) is 4.79 Å². The van der Waals surface area contributed by atoms with Crippen LogP contribution < -0.4 is 5.73 Å². The van der Waals surface area contributed by atoms with Crippen molar-refractivity contribution in [3.8, 4) is 0 Å². The summed E-state index contributed by atoms with van der Waals surface area (Å²) in [4.78, 5) is 11.0. The summed E-state index contributed by atoms with van der Waals surface area (Å²) in [5.41, 5.74) is 7.08. The zero-order chi connectivity index (χ0) is 10.7. The standard InChI is InChI=1S/C13H13NO/c14-13(15)12-8-4-7-11(9-12)10-5-2-1-3-6-10/h1-6,8-9,11H,7H2,(H2,14,15). The third-order valence-corrected chi connectivity index (χ3v) is 2.58. The van der Waals surface area contributed by atoms with E-state index in [0.29, 0.717) is 5.57 Å². The minimum absolute atomic E-state index is 0.277. The predicted molar refractivity (Wildman–Crippen MR) is 60.2 cm³/mol. The predicted octanol–water partition coefficient (Wildman–Crippen LogP) is 2.14. The Balaban J connectivity index is 2.27. The zero-order valence-electron chi connectivity index (χ0n) is 8.39. The lowest BCUT2D eigenvalue weighted by atomic mass is 9.89. The fraction of sp³-hybridized carbons (Fsp3) is 0.154. The van der Waals surface area contributed by atoms with E-state index in [4.69, 9.17) is 5.73 Å². The highest BCUT2D eigenvalue weighted by molar-refractivity contribution is 5.95. The summed E-state index contributed by atoms with van der Waals surface area (Å²) in [6, 6.07) is 10.1. The molecule has 0 spiro atoms. The van der Waals surface area contributed by atoms with E-state index in [1.807, 2.05) is 30.4 Å². The molecule has 1 aliphatic carbocycles. The highest BCUT2D eigenvalue weighted by Crippen LogP contribution is 2.26. The summed E-state index contributed by atoms with van der Waals surface area (Å²) < 4.78 is 0. The van der Waals surface area contributed by atoms with Gasteiger partial charge in [0.05, 0.1) is 0 Å². The average Bonchev–Trinajstić information content (AvgIpc) is 2.30. The van der Waals surface area contributed by atoms with Crippen molar-refractivity contribution in [2.45, 2.75) is 12.3 Å². The SMILES string of the molecule is NC(=O)C1=CC(c2ccccc2)CC=C1. The maximum Gasteiger partial charge on any atom is 0.248 e. The number of nitrogens with two attached hydrogens (primary N) is 1. The van der Waals surface area contributed by atoms with Crippen LogP contribution >= 0.6 is 0 Å². The van der Waals surface area contributed by atoms with Gasteiger partial charge in [-0.1, -0.05) is 48.6 Å². The van der Waals surface area contributed by atoms with Gasteiger partial charge in [0.1, 0.15) is 0 Å². The van der Waals surface area contributed by atoms with E-state index in [9.17, 15) is 4.79 Å². The van der Waals surface area contributed by atoms with Crippen molar-refractivity contribution in [3.63, 3.8) is 0 Å². The zero-order valence-corrected chi connectivity index (χ0v) is 8.39. The van der Waals surface area contributed by atoms with Crippen molar-refractivity contribution in [2.24, 2.45) is 5.73 Å². The van der Waals surface area contributed by atoms with Gasteiger partial charge in [-0.15, -0.1) is 0 Å². The average molecular weight is 199 g/mol. The Labute approximate surface area is 89.1 Å². The lowest BCUT2D eigenvalue weighted by Gasteiger charge is -2.15. The number of carbonyl (C=O) groups excluding carboxylic acids is 1. The van der Waals surface area contributed by atoms with E-state index in [2.05, 4.69) is 12.1 Å². The molecule has 2 N–H and O–H groups in total. The van der Waals surface area contributed by atoms with Crippen LogP contribution in [0.15, 0.2) is 54.1 Å². The monoisotopic (exact) mass is 199 g/mol. The second kappa shape index (κ2) is 4.13. The van der Waals surface area contributed by atoms with Crippen LogP contribution in [0.2, 0.25) is 0 Å². The smallest absolute Gasteiger partial charge is 0.248 e. The molecule has 0 radical (unpaired) electrons. The second-order valence-corrected chi connectivity index (χ2v) is 3.64. The molecule has 0 heterocycles. The Morgan fingerprint density at radius 3 is 2.67 bits per heavy atom. The molecule has 1 atom stereocenters. The molecule has 2 rings (SSSR count). The number of carbonyl (C=O) groups is 1. The Morgan fingerprint density at radius 2 is 2.00 bits per heavy atom. The van der Waals surface area contributed by atoms with Gasteiger partial charge >= 0.3 is 0 Å². The fourth-order valence-corrected chi connectivity index (χ4v) is 1.78. The van der Waals surface area contributed by atoms with Crippen LogP contribution in [-0.2, 0) is 4.79 Å². The number of rotatable bonds is 2. The maximum absolute atomic E-state index is 11.0. The number of amides is 1. The van der Waals surface area contributed by atoms with Crippen LogP contribution in [0.4, 0.5) is 0 Å². The third kappa shape index (κ3) is 2.15. The third-order valence-electron chi connectivity index (χ3n) is 2.58. The molecule has 1 aromatic carbocycles. The van der Waals surface area contributed by atoms with Crippen LogP contribution in [0, 0.1) is 0 Å². The van der Waals surface area contributed by atoms with Gasteiger partial charge in [0, 0.05) is 11.5 Å². The summed E-state index contributed by atoms with van der Waals surface area (Å²) >= 11 is 0. The number of primary amides is 1. The summed E-state index contributed by atoms with van der Waals surface area (Å²) in [6.07, 6.45) is 6.66. The summed E-state index contributed by atoms with van der Waals surface area (Å²) in [5.74, 6) is -0.0782. The van der Waals surface area contributed by atoms with Gasteiger partial charge in [-0.2, -0.15) is 0 Å². The van der Waals surface area contributed by atoms with Crippen molar-refractivity contribution < 1.29 is 4.79 Å². The normalized spacial score (nSPS) is 19.7. The molecule has 2 nitrogen and oxygen atoms in total. The molecule has 2 heteroatoms. The molecule has 1 unspecified atom stereocenters. The quantitative estimate of drug-likeness (QED) is 0.779. The Bertz CT molecular complexity index is 417. The maximum atomic E-state index is 11.0. The number of hydrogen-bond acceptors (Lipinski definition) is 1. The molecule has 1 aromatic rings. The topological polar surface area (TPSA) is 43.1 Å². The first-order valence-electron chi connectivity index (χ1n) is 5.00. The largest absolute Gasteiger partial charge is 0.366 e. The van der Waals surface area contributed by atoms with Crippen LogP contribution in [0.25, 0.3) is 0 Å². The van der Waals surface area contributed by atoms with E-state index >= 15 is 0 Å². The highest BCUT2D eigenvalue weighted by Gasteiger charge is 2.13. The van der Waals surface area contributed by atoms with Gasteiger partial charge in [-0.25, -0.2) is 0 Å². The van der Waals surface area contributed by atoms with Crippen LogP contribution in [0.1, 0.15) is 17.9 Å². The van der Waals surface area contributed by atoms with E-state index in [0.717, 1.165) is 6.42 Å². The van der Waals surface area contributed by atoms with E-state index in [1.165, 1.54) is 5.56 Å². The molecule has 0 aliphatic heterocycles. The molecular formula is C13H13NO. The fourth-order valence-electron chi connectivity index (χ4n) is 1.78. The number of benzene rings is 1. The second-order valence-electron chi connectivity index (χ2n) is 3.64. The van der Waals surface area contributed by atoms with Crippen molar-refractivity contribution in [1.29, 1.82) is 0 Å². The van der Waals surface area contributed by atoms with Crippen LogP contribution in [0.3, 0.4) is 0 Å². The number of hydrogen-bond donors (Lipinski definition) is 1. The van der Waals surface area contributed by atoms with Crippen molar-refractivity contribution >= 4 is 5.91 Å². The molecule has 76 valence electrons. The Kier molecular flexibility index (Phi) is 2.68. The first-order chi connectivity index (χ1) is 7.27. The van der Waals surface area contributed by atoms with Gasteiger partial charge in [0.25, 0.3) is 0 Å². The van der Waals surface area contributed by atoms with Crippen LogP contribution in [-0.4, -0.2) is 5.91 Å².